The summed E-state index contributed by atoms with van der Waals surface area (Å²) in [6.45, 7) is 5.93. The van der Waals surface area contributed by atoms with E-state index in [1.807, 2.05) is 50.2 Å². The maximum Gasteiger partial charge on any atom is 0.311 e. The van der Waals surface area contributed by atoms with E-state index in [2.05, 4.69) is 5.32 Å². The minimum Gasteiger partial charge on any atom is -0.497 e. The topological polar surface area (TPSA) is 77.8 Å². The van der Waals surface area contributed by atoms with Gasteiger partial charge in [0, 0.05) is 17.5 Å². The fourth-order valence-corrected chi connectivity index (χ4v) is 3.00. The number of esters is 1. The fourth-order valence-electron chi connectivity index (χ4n) is 3.00. The summed E-state index contributed by atoms with van der Waals surface area (Å²) in [6.07, 6.45) is 0.730. The van der Waals surface area contributed by atoms with Crippen molar-refractivity contribution in [1.29, 1.82) is 0 Å². The normalized spacial score (nSPS) is 11.9. The van der Waals surface area contributed by atoms with Gasteiger partial charge in [0.15, 0.2) is 6.10 Å². The number of rotatable bonds is 7. The lowest BCUT2D eigenvalue weighted by molar-refractivity contribution is -0.154. The summed E-state index contributed by atoms with van der Waals surface area (Å²) in [5.41, 5.74) is 4.66. The van der Waals surface area contributed by atoms with Gasteiger partial charge in [0.1, 0.15) is 11.3 Å². The summed E-state index contributed by atoms with van der Waals surface area (Å²) >= 11 is 0. The van der Waals surface area contributed by atoms with Crippen LogP contribution < -0.4 is 10.1 Å². The standard InChI is InChI=1S/C23H25NO5/c1-14-9-20-18(13-28-21(20)10-15(14)2)11-22(25)29-16(3)23(26)24-12-17-5-7-19(27-4)8-6-17/h5-10,13,16H,11-12H2,1-4H3,(H,24,26)/t16-/m1/s1. The second-order valence-corrected chi connectivity index (χ2v) is 7.07. The fraction of sp³-hybridized carbons (Fsp3) is 0.304. The van der Waals surface area contributed by atoms with E-state index >= 15 is 0 Å². The van der Waals surface area contributed by atoms with Gasteiger partial charge in [0.25, 0.3) is 5.91 Å². The summed E-state index contributed by atoms with van der Waals surface area (Å²) in [7, 11) is 1.60. The van der Waals surface area contributed by atoms with E-state index in [-0.39, 0.29) is 12.3 Å². The zero-order valence-corrected chi connectivity index (χ0v) is 17.1. The highest BCUT2D eigenvalue weighted by Gasteiger charge is 2.19. The molecule has 0 radical (unpaired) electrons. The van der Waals surface area contributed by atoms with Gasteiger partial charge in [0.05, 0.1) is 19.8 Å². The maximum atomic E-state index is 12.3. The second kappa shape index (κ2) is 8.82. The molecule has 1 N–H and O–H groups in total. The quantitative estimate of drug-likeness (QED) is 0.615. The second-order valence-electron chi connectivity index (χ2n) is 7.07. The first-order valence-corrected chi connectivity index (χ1v) is 9.45. The Morgan fingerprint density at radius 1 is 1.10 bits per heavy atom. The molecule has 0 spiro atoms. The Hall–Kier alpha value is -3.28. The van der Waals surface area contributed by atoms with Gasteiger partial charge < -0.3 is 19.2 Å². The van der Waals surface area contributed by atoms with Gasteiger partial charge >= 0.3 is 5.97 Å². The molecule has 0 unspecified atom stereocenters. The molecule has 2 aromatic carbocycles. The van der Waals surface area contributed by atoms with Crippen LogP contribution in [0.3, 0.4) is 0 Å². The molecule has 0 fully saturated rings. The van der Waals surface area contributed by atoms with E-state index in [0.717, 1.165) is 39.0 Å². The number of carbonyl (C=O) groups is 2. The molecular weight excluding hydrogens is 370 g/mol. The smallest absolute Gasteiger partial charge is 0.311 e. The lowest BCUT2D eigenvalue weighted by Gasteiger charge is -2.13. The van der Waals surface area contributed by atoms with Crippen molar-refractivity contribution in [2.75, 3.05) is 7.11 Å². The van der Waals surface area contributed by atoms with Crippen LogP contribution in [0.1, 0.15) is 29.2 Å². The zero-order chi connectivity index (χ0) is 21.0. The largest absolute Gasteiger partial charge is 0.497 e. The van der Waals surface area contributed by atoms with Crippen LogP contribution in [0.25, 0.3) is 11.0 Å². The lowest BCUT2D eigenvalue weighted by atomic mass is 10.0. The lowest BCUT2D eigenvalue weighted by Crippen LogP contribution is -2.35. The van der Waals surface area contributed by atoms with E-state index in [1.165, 1.54) is 0 Å². The Bertz CT molecular complexity index is 1020. The Balaban J connectivity index is 1.54. The molecule has 6 nitrogen and oxygen atoms in total. The van der Waals surface area contributed by atoms with Crippen LogP contribution in [0.4, 0.5) is 0 Å². The van der Waals surface area contributed by atoms with E-state index in [9.17, 15) is 9.59 Å². The van der Waals surface area contributed by atoms with Crippen LogP contribution in [0.15, 0.2) is 47.1 Å². The molecule has 152 valence electrons. The van der Waals surface area contributed by atoms with Gasteiger partial charge in [-0.1, -0.05) is 12.1 Å². The van der Waals surface area contributed by atoms with Gasteiger partial charge in [-0.25, -0.2) is 0 Å². The molecular formula is C23H25NO5. The van der Waals surface area contributed by atoms with Crippen molar-refractivity contribution >= 4 is 22.8 Å². The summed E-state index contributed by atoms with van der Waals surface area (Å²) in [5.74, 6) is -0.0739. The van der Waals surface area contributed by atoms with Gasteiger partial charge in [-0.05, 0) is 61.7 Å². The number of nitrogens with one attached hydrogen (secondary N) is 1. The highest BCUT2D eigenvalue weighted by atomic mass is 16.5. The number of fused-ring (bicyclic) bond motifs is 1. The van der Waals surface area contributed by atoms with Crippen LogP contribution in [-0.2, 0) is 27.3 Å². The number of furan rings is 1. The van der Waals surface area contributed by atoms with Crippen LogP contribution in [0.2, 0.25) is 0 Å². The molecule has 0 aliphatic carbocycles. The number of benzene rings is 2. The highest BCUT2D eigenvalue weighted by Crippen LogP contribution is 2.25. The zero-order valence-electron chi connectivity index (χ0n) is 17.1. The first-order chi connectivity index (χ1) is 13.9. The third-order valence-electron chi connectivity index (χ3n) is 4.91. The van der Waals surface area contributed by atoms with Crippen molar-refractivity contribution in [2.24, 2.45) is 0 Å². The molecule has 0 saturated carbocycles. The van der Waals surface area contributed by atoms with Crippen molar-refractivity contribution in [3.63, 3.8) is 0 Å². The number of hydrogen-bond acceptors (Lipinski definition) is 5. The number of aryl methyl sites for hydroxylation is 2. The van der Waals surface area contributed by atoms with E-state index in [1.54, 1.807) is 20.3 Å². The van der Waals surface area contributed by atoms with Gasteiger partial charge in [-0.3, -0.25) is 9.59 Å². The van der Waals surface area contributed by atoms with Crippen LogP contribution in [0, 0.1) is 13.8 Å². The monoisotopic (exact) mass is 395 g/mol. The summed E-state index contributed by atoms with van der Waals surface area (Å²) in [6, 6.07) is 11.3. The molecule has 1 amide bonds. The number of hydrogen-bond donors (Lipinski definition) is 1. The Labute approximate surface area is 169 Å². The third kappa shape index (κ3) is 4.96. The van der Waals surface area contributed by atoms with Crippen molar-refractivity contribution in [3.8, 4) is 5.75 Å². The van der Waals surface area contributed by atoms with Crippen molar-refractivity contribution in [2.45, 2.75) is 39.8 Å². The van der Waals surface area contributed by atoms with Crippen LogP contribution in [0.5, 0.6) is 5.75 Å². The number of carbonyl (C=O) groups excluding carboxylic acids is 2. The maximum absolute atomic E-state index is 12.3. The van der Waals surface area contributed by atoms with Crippen molar-refractivity contribution < 1.29 is 23.5 Å². The van der Waals surface area contributed by atoms with Crippen molar-refractivity contribution in [1.82, 2.24) is 5.32 Å². The van der Waals surface area contributed by atoms with Gasteiger partial charge in [0.2, 0.25) is 0 Å². The summed E-state index contributed by atoms with van der Waals surface area (Å²) < 4.78 is 16.0. The molecule has 6 heteroatoms. The van der Waals surface area contributed by atoms with Crippen LogP contribution >= 0.6 is 0 Å². The van der Waals surface area contributed by atoms with E-state index in [0.29, 0.717) is 6.54 Å². The van der Waals surface area contributed by atoms with Crippen LogP contribution in [-0.4, -0.2) is 25.1 Å². The molecule has 0 bridgehead atoms. The SMILES string of the molecule is COc1ccc(CNC(=O)[C@@H](C)OC(=O)Cc2coc3cc(C)c(C)cc23)cc1. The summed E-state index contributed by atoms with van der Waals surface area (Å²) in [5, 5.41) is 3.66. The molecule has 0 aliphatic heterocycles. The molecule has 0 aliphatic rings. The number of ether oxygens (including phenoxy) is 2. The average molecular weight is 395 g/mol. The Morgan fingerprint density at radius 2 is 1.79 bits per heavy atom. The van der Waals surface area contributed by atoms with Crippen molar-refractivity contribution in [3.05, 3.63) is 64.9 Å². The summed E-state index contributed by atoms with van der Waals surface area (Å²) in [4.78, 5) is 24.5. The first kappa shape index (κ1) is 20.5. The minimum absolute atomic E-state index is 0.0472. The van der Waals surface area contributed by atoms with E-state index in [4.69, 9.17) is 13.9 Å². The molecule has 3 rings (SSSR count). The molecule has 1 heterocycles. The van der Waals surface area contributed by atoms with E-state index < -0.39 is 12.1 Å². The predicted octanol–water partition coefficient (Wildman–Crippen LogP) is 3.85. The minimum atomic E-state index is -0.886. The highest BCUT2D eigenvalue weighted by molar-refractivity contribution is 5.88. The number of methoxy groups -OCH3 is 1. The average Bonchev–Trinajstić information content (AvgIpc) is 3.08. The molecule has 29 heavy (non-hydrogen) atoms. The molecule has 3 aromatic rings. The number of amides is 1. The van der Waals surface area contributed by atoms with Gasteiger partial charge in [-0.15, -0.1) is 0 Å². The molecule has 0 saturated heterocycles. The molecule has 1 aromatic heterocycles. The Morgan fingerprint density at radius 3 is 2.48 bits per heavy atom. The first-order valence-electron chi connectivity index (χ1n) is 9.45. The Kier molecular flexibility index (Phi) is 6.22. The van der Waals surface area contributed by atoms with Gasteiger partial charge in [-0.2, -0.15) is 0 Å². The predicted molar refractivity (Wildman–Crippen MR) is 110 cm³/mol. The molecule has 1 atom stereocenters. The third-order valence-corrected chi connectivity index (χ3v) is 4.91.